The molecule has 0 unspecified atom stereocenters. The molecule has 11 heteroatoms. The molecule has 35 heavy (non-hydrogen) atoms. The second-order valence-corrected chi connectivity index (χ2v) is 9.53. The lowest BCUT2D eigenvalue weighted by molar-refractivity contribution is -0.142. The summed E-state index contributed by atoms with van der Waals surface area (Å²) in [5.74, 6) is -2.75. The van der Waals surface area contributed by atoms with E-state index in [0.717, 1.165) is 32.1 Å². The maximum absolute atomic E-state index is 13.7. The number of rotatable bonds is 9. The summed E-state index contributed by atoms with van der Waals surface area (Å²) < 4.78 is 0. The van der Waals surface area contributed by atoms with Crippen LogP contribution in [0.15, 0.2) is 18.2 Å². The third-order valence-corrected chi connectivity index (χ3v) is 6.95. The Kier molecular flexibility index (Phi) is 9.08. The standard InChI is InChI=1S/C24H31ClN4O6/c25-18-11-15(26)8-9-17(18)22(33)28-21(14-5-2-1-3-6-14)24(35)29-10-4-7-19(29)23(34)27-16(13-30)12-20(31)32/h8-9,11,13-14,16,19,21H,1-7,10,12,26H2,(H,27,34)(H,28,33)(H,31,32)/t16-,19-,21-/m0/s1. The van der Waals surface area contributed by atoms with E-state index in [0.29, 0.717) is 31.4 Å². The molecule has 1 aromatic carbocycles. The second kappa shape index (κ2) is 12.0. The van der Waals surface area contributed by atoms with Crippen molar-refractivity contribution in [2.45, 2.75) is 69.5 Å². The Morgan fingerprint density at radius 3 is 2.46 bits per heavy atom. The number of likely N-dealkylation sites (tertiary alicyclic amines) is 1. The zero-order chi connectivity index (χ0) is 25.5. The number of hydrogen-bond donors (Lipinski definition) is 4. The number of amides is 3. The molecule has 2 fully saturated rings. The molecule has 0 bridgehead atoms. The van der Waals surface area contributed by atoms with Crippen LogP contribution in [0.1, 0.15) is 61.7 Å². The average Bonchev–Trinajstić information content (AvgIpc) is 3.32. The Morgan fingerprint density at radius 2 is 1.83 bits per heavy atom. The van der Waals surface area contributed by atoms with E-state index < -0.39 is 42.3 Å². The third kappa shape index (κ3) is 6.72. The molecule has 1 aliphatic heterocycles. The molecule has 1 heterocycles. The molecule has 1 saturated heterocycles. The Hall–Kier alpha value is -3.14. The highest BCUT2D eigenvalue weighted by molar-refractivity contribution is 6.34. The lowest BCUT2D eigenvalue weighted by Gasteiger charge is -2.34. The SMILES string of the molecule is Nc1ccc(C(=O)N[C@H](C(=O)N2CCC[C@H]2C(=O)N[C@H](C=O)CC(=O)O)C2CCCCC2)c(Cl)c1. The van der Waals surface area contributed by atoms with Crippen LogP contribution in [0.25, 0.3) is 0 Å². The number of nitrogens with one attached hydrogen (secondary N) is 2. The van der Waals surface area contributed by atoms with E-state index in [1.807, 2.05) is 0 Å². The molecule has 10 nitrogen and oxygen atoms in total. The Labute approximate surface area is 208 Å². The Morgan fingerprint density at radius 1 is 1.11 bits per heavy atom. The van der Waals surface area contributed by atoms with Gasteiger partial charge in [-0.1, -0.05) is 30.9 Å². The number of carbonyl (C=O) groups excluding carboxylic acids is 4. The van der Waals surface area contributed by atoms with Crippen molar-refractivity contribution in [1.82, 2.24) is 15.5 Å². The van der Waals surface area contributed by atoms with Crippen LogP contribution in [0.2, 0.25) is 5.02 Å². The number of anilines is 1. The van der Waals surface area contributed by atoms with Gasteiger partial charge in [0, 0.05) is 12.2 Å². The predicted octanol–water partition coefficient (Wildman–Crippen LogP) is 1.75. The average molecular weight is 507 g/mol. The van der Waals surface area contributed by atoms with Crippen molar-refractivity contribution in [3.05, 3.63) is 28.8 Å². The van der Waals surface area contributed by atoms with Crippen LogP contribution in [0.4, 0.5) is 5.69 Å². The first-order valence-electron chi connectivity index (χ1n) is 11.8. The molecule has 0 spiro atoms. The highest BCUT2D eigenvalue weighted by Crippen LogP contribution is 2.30. The highest BCUT2D eigenvalue weighted by Gasteiger charge is 2.41. The fourth-order valence-electron chi connectivity index (χ4n) is 4.87. The number of halogens is 1. The summed E-state index contributed by atoms with van der Waals surface area (Å²) in [7, 11) is 0. The Bertz CT molecular complexity index is 981. The molecule has 3 atom stereocenters. The van der Waals surface area contributed by atoms with Gasteiger partial charge in [-0.15, -0.1) is 0 Å². The number of aliphatic carboxylic acids is 1. The van der Waals surface area contributed by atoms with Crippen LogP contribution in [0.3, 0.4) is 0 Å². The van der Waals surface area contributed by atoms with Crippen LogP contribution in [-0.2, 0) is 19.2 Å². The molecule has 0 aromatic heterocycles. The van der Waals surface area contributed by atoms with Crippen molar-refractivity contribution in [2.75, 3.05) is 12.3 Å². The fraction of sp³-hybridized carbons (Fsp3) is 0.542. The van der Waals surface area contributed by atoms with Gasteiger partial charge in [-0.3, -0.25) is 19.2 Å². The smallest absolute Gasteiger partial charge is 0.305 e. The molecule has 0 radical (unpaired) electrons. The van der Waals surface area contributed by atoms with E-state index in [-0.39, 0.29) is 22.4 Å². The van der Waals surface area contributed by atoms with Crippen molar-refractivity contribution in [2.24, 2.45) is 5.92 Å². The summed E-state index contributed by atoms with van der Waals surface area (Å²) in [6, 6.07) is 1.66. The van der Waals surface area contributed by atoms with Gasteiger partial charge in [-0.25, -0.2) is 0 Å². The zero-order valence-corrected chi connectivity index (χ0v) is 20.1. The topological polar surface area (TPSA) is 159 Å². The molecule has 3 amide bonds. The van der Waals surface area contributed by atoms with Crippen LogP contribution in [0, 0.1) is 5.92 Å². The van der Waals surface area contributed by atoms with E-state index in [4.69, 9.17) is 22.4 Å². The Balaban J connectivity index is 1.79. The molecule has 2 aliphatic rings. The van der Waals surface area contributed by atoms with Gasteiger partial charge >= 0.3 is 5.97 Å². The highest BCUT2D eigenvalue weighted by atomic mass is 35.5. The van der Waals surface area contributed by atoms with Gasteiger partial charge in [0.2, 0.25) is 11.8 Å². The number of aldehydes is 1. The summed E-state index contributed by atoms with van der Waals surface area (Å²) >= 11 is 6.20. The summed E-state index contributed by atoms with van der Waals surface area (Å²) in [6.07, 6.45) is 5.24. The number of nitrogens with two attached hydrogens (primary N) is 1. The summed E-state index contributed by atoms with van der Waals surface area (Å²) in [6.45, 7) is 0.323. The maximum Gasteiger partial charge on any atom is 0.305 e. The van der Waals surface area contributed by atoms with E-state index in [1.54, 1.807) is 6.07 Å². The number of carbonyl (C=O) groups is 5. The summed E-state index contributed by atoms with van der Waals surface area (Å²) in [4.78, 5) is 63.2. The predicted molar refractivity (Wildman–Crippen MR) is 129 cm³/mol. The number of nitrogen functional groups attached to an aromatic ring is 1. The van der Waals surface area contributed by atoms with E-state index in [1.165, 1.54) is 17.0 Å². The van der Waals surface area contributed by atoms with Crippen LogP contribution < -0.4 is 16.4 Å². The van der Waals surface area contributed by atoms with Crippen LogP contribution in [-0.4, -0.2) is 64.7 Å². The summed E-state index contributed by atoms with van der Waals surface area (Å²) in [5.41, 5.74) is 6.33. The molecule has 1 aromatic rings. The number of hydrogen-bond acceptors (Lipinski definition) is 6. The first-order valence-corrected chi connectivity index (χ1v) is 12.2. The first kappa shape index (κ1) is 26.5. The quantitative estimate of drug-likeness (QED) is 0.293. The number of carboxylic acid groups (broad SMARTS) is 1. The number of carboxylic acids is 1. The second-order valence-electron chi connectivity index (χ2n) is 9.13. The molecular formula is C24H31ClN4O6. The van der Waals surface area contributed by atoms with Gasteiger partial charge in [0.25, 0.3) is 5.91 Å². The molecule has 5 N–H and O–H groups in total. The number of benzene rings is 1. The van der Waals surface area contributed by atoms with E-state index in [2.05, 4.69) is 10.6 Å². The largest absolute Gasteiger partial charge is 0.481 e. The fourth-order valence-corrected chi connectivity index (χ4v) is 5.14. The van der Waals surface area contributed by atoms with Gasteiger partial charge in [-0.05, 0) is 49.8 Å². The molecule has 1 saturated carbocycles. The van der Waals surface area contributed by atoms with Crippen LogP contribution >= 0.6 is 11.6 Å². The van der Waals surface area contributed by atoms with Crippen molar-refractivity contribution in [3.63, 3.8) is 0 Å². The minimum atomic E-state index is -1.22. The van der Waals surface area contributed by atoms with E-state index >= 15 is 0 Å². The van der Waals surface area contributed by atoms with Crippen molar-refractivity contribution < 1.29 is 29.1 Å². The monoisotopic (exact) mass is 506 g/mol. The molecular weight excluding hydrogens is 476 g/mol. The lowest BCUT2D eigenvalue weighted by atomic mass is 9.83. The minimum absolute atomic E-state index is 0.0909. The normalized spacial score (nSPS) is 20.0. The summed E-state index contributed by atoms with van der Waals surface area (Å²) in [5, 5.41) is 14.4. The van der Waals surface area contributed by atoms with Gasteiger partial charge < -0.3 is 31.2 Å². The van der Waals surface area contributed by atoms with Gasteiger partial charge in [0.15, 0.2) is 0 Å². The molecule has 3 rings (SSSR count). The molecule has 1 aliphatic carbocycles. The van der Waals surface area contributed by atoms with Crippen molar-refractivity contribution >= 4 is 47.3 Å². The zero-order valence-electron chi connectivity index (χ0n) is 19.4. The number of nitrogens with zero attached hydrogens (tertiary/aromatic N) is 1. The van der Waals surface area contributed by atoms with Gasteiger partial charge in [0.05, 0.1) is 23.0 Å². The lowest BCUT2D eigenvalue weighted by Crippen LogP contribution is -2.57. The van der Waals surface area contributed by atoms with Gasteiger partial charge in [-0.2, -0.15) is 0 Å². The molecule has 190 valence electrons. The van der Waals surface area contributed by atoms with Crippen molar-refractivity contribution in [1.29, 1.82) is 0 Å². The minimum Gasteiger partial charge on any atom is -0.481 e. The van der Waals surface area contributed by atoms with Gasteiger partial charge in [0.1, 0.15) is 18.4 Å². The first-order chi connectivity index (χ1) is 16.7. The van der Waals surface area contributed by atoms with E-state index in [9.17, 15) is 24.0 Å². The van der Waals surface area contributed by atoms with Crippen molar-refractivity contribution in [3.8, 4) is 0 Å². The third-order valence-electron chi connectivity index (χ3n) is 6.64. The van der Waals surface area contributed by atoms with Crippen LogP contribution in [0.5, 0.6) is 0 Å². The maximum atomic E-state index is 13.7.